The zero-order valence-corrected chi connectivity index (χ0v) is 20.1. The van der Waals surface area contributed by atoms with Crippen LogP contribution in [0, 0.1) is 22.6 Å². The number of carbonyl (C=O) groups is 2. The van der Waals surface area contributed by atoms with Crippen molar-refractivity contribution >= 4 is 46.3 Å². The van der Waals surface area contributed by atoms with Crippen LogP contribution in [0.3, 0.4) is 0 Å². The van der Waals surface area contributed by atoms with Gasteiger partial charge < -0.3 is 16.0 Å². The molecule has 0 spiro atoms. The van der Waals surface area contributed by atoms with E-state index in [1.807, 2.05) is 0 Å². The topological polar surface area (TPSA) is 116 Å². The van der Waals surface area contributed by atoms with Gasteiger partial charge >= 0.3 is 6.18 Å². The predicted molar refractivity (Wildman–Crippen MR) is 124 cm³/mol. The fraction of sp³-hybridized carbons (Fsp3) is 0.364. The zero-order valence-electron chi connectivity index (χ0n) is 19.3. The van der Waals surface area contributed by atoms with Crippen molar-refractivity contribution in [1.82, 2.24) is 9.88 Å². The number of anilines is 2. The lowest BCUT2D eigenvalue weighted by atomic mass is 9.95. The summed E-state index contributed by atoms with van der Waals surface area (Å²) < 4.78 is 52.4. The van der Waals surface area contributed by atoms with Crippen LogP contribution in [0.25, 0.3) is 11.8 Å². The summed E-state index contributed by atoms with van der Waals surface area (Å²) in [7, 11) is 0. The molecule has 2 aromatic rings. The van der Waals surface area contributed by atoms with Crippen LogP contribution in [0.5, 0.6) is 0 Å². The normalized spacial score (nSPS) is 13.2. The molecule has 1 aromatic heterocycles. The summed E-state index contributed by atoms with van der Waals surface area (Å²) in [6, 6.07) is 5.36. The lowest BCUT2D eigenvalue weighted by molar-refractivity contribution is -0.135. The average molecular weight is 514 g/mol. The van der Waals surface area contributed by atoms with Crippen molar-refractivity contribution in [3.05, 3.63) is 43.6 Å². The van der Waals surface area contributed by atoms with Crippen molar-refractivity contribution in [2.45, 2.75) is 40.4 Å². The average Bonchev–Trinajstić information content (AvgIpc) is 3.07. The minimum absolute atomic E-state index is 0.0443. The van der Waals surface area contributed by atoms with Crippen LogP contribution in [0.2, 0.25) is 0 Å². The Morgan fingerprint density at radius 3 is 2.43 bits per heavy atom. The molecule has 0 radical (unpaired) electrons. The molecular formula is C22H23F4N5O3S. The summed E-state index contributed by atoms with van der Waals surface area (Å²) in [5, 5.41) is 16.3. The molecule has 13 heteroatoms. The Morgan fingerprint density at radius 1 is 1.23 bits per heavy atom. The smallest absolute Gasteiger partial charge is 0.360 e. The standard InChI is InChI=1S/C22H23F4N5O3S/c1-5-31-18(33)16(35-19(31)13(9-27)17(32)29-11-22(24,25)26)10-28-12-6-7-14(23)15(8-12)30-20(34)21(2,3)4/h6-8,10,28H,5,11H2,1-4H3,(H,29,32)(H,30,34). The third-order valence-corrected chi connectivity index (χ3v) is 5.62. The zero-order chi connectivity index (χ0) is 26.6. The van der Waals surface area contributed by atoms with E-state index >= 15 is 0 Å². The summed E-state index contributed by atoms with van der Waals surface area (Å²) >= 11 is 0.733. The number of halogens is 4. The minimum atomic E-state index is -4.67. The van der Waals surface area contributed by atoms with E-state index in [1.165, 1.54) is 18.3 Å². The molecule has 8 nitrogen and oxygen atoms in total. The summed E-state index contributed by atoms with van der Waals surface area (Å²) in [6.07, 6.45) is -3.41. The highest BCUT2D eigenvalue weighted by Gasteiger charge is 2.29. The van der Waals surface area contributed by atoms with Crippen molar-refractivity contribution < 1.29 is 27.2 Å². The summed E-state index contributed by atoms with van der Waals surface area (Å²) in [5.74, 6) is -2.33. The summed E-state index contributed by atoms with van der Waals surface area (Å²) in [4.78, 5) is 37.0. The van der Waals surface area contributed by atoms with Crippen molar-refractivity contribution in [3.63, 3.8) is 0 Å². The SMILES string of the molecule is CCn1c(=C(C#N)C(=O)NCC(F)(F)F)sc(=CNc2ccc(F)c(NC(=O)C(C)(C)C)c2)c1=O. The number of rotatable bonds is 6. The quantitative estimate of drug-likeness (QED) is 0.513. The van der Waals surface area contributed by atoms with E-state index in [0.29, 0.717) is 5.69 Å². The molecular weight excluding hydrogens is 490 g/mol. The van der Waals surface area contributed by atoms with E-state index in [2.05, 4.69) is 10.6 Å². The molecule has 1 aromatic carbocycles. The van der Waals surface area contributed by atoms with Gasteiger partial charge in [0.2, 0.25) is 5.91 Å². The fourth-order valence-electron chi connectivity index (χ4n) is 2.63. The number of hydrogen-bond acceptors (Lipinski definition) is 6. The van der Waals surface area contributed by atoms with Gasteiger partial charge in [-0.2, -0.15) is 18.4 Å². The molecule has 2 rings (SSSR count). The van der Waals surface area contributed by atoms with Crippen molar-refractivity contribution in [2.24, 2.45) is 5.41 Å². The number of nitriles is 1. The number of carbonyl (C=O) groups excluding carboxylic acids is 2. The minimum Gasteiger partial charge on any atom is -0.360 e. The van der Waals surface area contributed by atoms with Gasteiger partial charge in [-0.25, -0.2) is 4.39 Å². The largest absolute Gasteiger partial charge is 0.405 e. The van der Waals surface area contributed by atoms with Crippen molar-refractivity contribution in [2.75, 3.05) is 17.2 Å². The van der Waals surface area contributed by atoms with Crippen molar-refractivity contribution in [1.29, 1.82) is 5.26 Å². The van der Waals surface area contributed by atoms with Crippen LogP contribution in [0.4, 0.5) is 28.9 Å². The van der Waals surface area contributed by atoms with Gasteiger partial charge in [0.05, 0.1) is 5.69 Å². The Morgan fingerprint density at radius 2 is 1.89 bits per heavy atom. The molecule has 1 heterocycles. The maximum Gasteiger partial charge on any atom is 0.405 e. The van der Waals surface area contributed by atoms with Crippen LogP contribution in [0.1, 0.15) is 27.7 Å². The Kier molecular flexibility index (Phi) is 8.46. The maximum absolute atomic E-state index is 14.1. The van der Waals surface area contributed by atoms with E-state index in [9.17, 15) is 37.2 Å². The molecule has 0 aliphatic rings. The molecule has 3 N–H and O–H groups in total. The number of aromatic nitrogens is 1. The van der Waals surface area contributed by atoms with E-state index in [0.717, 1.165) is 22.0 Å². The molecule has 2 amide bonds. The van der Waals surface area contributed by atoms with Crippen LogP contribution in [0.15, 0.2) is 23.0 Å². The van der Waals surface area contributed by atoms with Crippen molar-refractivity contribution in [3.8, 4) is 6.07 Å². The van der Waals surface area contributed by atoms with Gasteiger partial charge in [-0.3, -0.25) is 19.0 Å². The lowest BCUT2D eigenvalue weighted by Gasteiger charge is -2.18. The molecule has 0 aliphatic carbocycles. The number of alkyl halides is 3. The first-order valence-electron chi connectivity index (χ1n) is 10.2. The number of hydrogen-bond donors (Lipinski definition) is 3. The third-order valence-electron chi connectivity index (χ3n) is 4.49. The molecule has 0 fully saturated rings. The Labute approximate surface area is 201 Å². The Bertz CT molecular complexity index is 1350. The number of nitrogens with one attached hydrogen (secondary N) is 3. The maximum atomic E-state index is 14.1. The van der Waals surface area contributed by atoms with E-state index in [4.69, 9.17) is 0 Å². The number of benzene rings is 1. The highest BCUT2D eigenvalue weighted by atomic mass is 32.1. The molecule has 188 valence electrons. The Hall–Kier alpha value is -3.66. The molecule has 35 heavy (non-hydrogen) atoms. The lowest BCUT2D eigenvalue weighted by Crippen LogP contribution is -2.37. The molecule has 0 saturated carbocycles. The number of thiazole rings is 1. The van der Waals surface area contributed by atoms with E-state index in [1.54, 1.807) is 39.1 Å². The molecule has 0 aliphatic heterocycles. The van der Waals surface area contributed by atoms with Crippen LogP contribution in [-0.2, 0) is 16.1 Å². The van der Waals surface area contributed by atoms with Gasteiger partial charge in [-0.05, 0) is 25.1 Å². The van der Waals surface area contributed by atoms with E-state index < -0.39 is 46.9 Å². The second-order valence-electron chi connectivity index (χ2n) is 8.29. The van der Waals surface area contributed by atoms with Gasteiger partial charge in [-0.1, -0.05) is 20.8 Å². The van der Waals surface area contributed by atoms with Crippen LogP contribution < -0.4 is 30.7 Å². The van der Waals surface area contributed by atoms with Crippen LogP contribution >= 0.6 is 11.3 Å². The predicted octanol–water partition coefficient (Wildman–Crippen LogP) is 2.26. The summed E-state index contributed by atoms with van der Waals surface area (Å²) in [6.45, 7) is 4.99. The summed E-state index contributed by atoms with van der Waals surface area (Å²) in [5.41, 5.74) is -1.74. The monoisotopic (exact) mass is 513 g/mol. The highest BCUT2D eigenvalue weighted by molar-refractivity contribution is 7.07. The molecule has 0 atom stereocenters. The molecule has 0 saturated heterocycles. The van der Waals surface area contributed by atoms with Gasteiger partial charge in [0, 0.05) is 23.8 Å². The van der Waals surface area contributed by atoms with E-state index in [-0.39, 0.29) is 21.4 Å². The second kappa shape index (κ2) is 10.7. The molecule has 0 bridgehead atoms. The van der Waals surface area contributed by atoms with Gasteiger partial charge in [0.1, 0.15) is 27.6 Å². The first-order valence-corrected chi connectivity index (χ1v) is 11.1. The second-order valence-corrected chi connectivity index (χ2v) is 9.32. The van der Waals surface area contributed by atoms with Gasteiger partial charge in [0.25, 0.3) is 11.5 Å². The fourth-order valence-corrected chi connectivity index (χ4v) is 3.71. The van der Waals surface area contributed by atoms with Gasteiger partial charge in [0.15, 0.2) is 5.57 Å². The van der Waals surface area contributed by atoms with Gasteiger partial charge in [-0.15, -0.1) is 11.3 Å². The first kappa shape index (κ1) is 27.6. The number of amides is 2. The third kappa shape index (κ3) is 7.16. The molecule has 0 unspecified atom stereocenters. The van der Waals surface area contributed by atoms with Crippen LogP contribution in [-0.4, -0.2) is 29.1 Å². The number of nitrogens with zero attached hydrogens (tertiary/aromatic N) is 2. The highest BCUT2D eigenvalue weighted by Crippen LogP contribution is 2.23. The Balaban J connectivity index is 2.45. The first-order chi connectivity index (χ1) is 16.2.